The van der Waals surface area contributed by atoms with Crippen LogP contribution in [0.25, 0.3) is 22.4 Å². The van der Waals surface area contributed by atoms with Crippen LogP contribution in [0.4, 0.5) is 4.39 Å². The number of fused-ring (bicyclic) bond motifs is 2. The number of ether oxygens (including phenoxy) is 1. The number of aromatic hydroxyl groups is 1. The second-order valence-electron chi connectivity index (χ2n) is 7.34. The molecule has 0 radical (unpaired) electrons. The molecule has 2 unspecified atom stereocenters. The first-order valence-electron chi connectivity index (χ1n) is 9.39. The summed E-state index contributed by atoms with van der Waals surface area (Å²) in [6.07, 6.45) is 7.39. The van der Waals surface area contributed by atoms with Crippen molar-refractivity contribution in [1.29, 1.82) is 0 Å². The molecule has 4 atom stereocenters. The van der Waals surface area contributed by atoms with Crippen LogP contribution < -0.4 is 10.1 Å². The molecule has 2 aromatic heterocycles. The smallest absolute Gasteiger partial charge is 0.232 e. The fraction of sp³-hybridized carbons (Fsp3) is 0.350. The summed E-state index contributed by atoms with van der Waals surface area (Å²) in [6, 6.07) is 5.51. The van der Waals surface area contributed by atoms with Crippen molar-refractivity contribution in [3.63, 3.8) is 0 Å². The summed E-state index contributed by atoms with van der Waals surface area (Å²) in [4.78, 5) is 8.61. The first-order valence-corrected chi connectivity index (χ1v) is 9.39. The summed E-state index contributed by atoms with van der Waals surface area (Å²) in [7, 11) is 0. The van der Waals surface area contributed by atoms with Gasteiger partial charge in [-0.15, -0.1) is 0 Å². The number of benzene rings is 1. The Labute approximate surface area is 161 Å². The van der Waals surface area contributed by atoms with Crippen LogP contribution in [0.5, 0.6) is 11.6 Å². The van der Waals surface area contributed by atoms with Crippen molar-refractivity contribution in [2.75, 3.05) is 0 Å². The highest BCUT2D eigenvalue weighted by atomic mass is 19.1. The monoisotopic (exact) mass is 381 g/mol. The lowest BCUT2D eigenvalue weighted by Crippen LogP contribution is -2.51. The summed E-state index contributed by atoms with van der Waals surface area (Å²) in [6.45, 7) is 0. The van der Waals surface area contributed by atoms with E-state index in [0.717, 1.165) is 24.0 Å². The summed E-state index contributed by atoms with van der Waals surface area (Å²) >= 11 is 0. The Kier molecular flexibility index (Phi) is 4.20. The molecule has 3 aromatic rings. The molecule has 8 heteroatoms. The van der Waals surface area contributed by atoms with Crippen LogP contribution in [0.1, 0.15) is 19.3 Å². The molecular weight excluding hydrogens is 361 g/mol. The zero-order valence-corrected chi connectivity index (χ0v) is 15.0. The average Bonchev–Trinajstić information content (AvgIpc) is 3.37. The van der Waals surface area contributed by atoms with Gasteiger partial charge in [0.2, 0.25) is 5.88 Å². The predicted octanol–water partition coefficient (Wildman–Crippen LogP) is 2.85. The quantitative estimate of drug-likeness (QED) is 0.643. The van der Waals surface area contributed by atoms with Crippen molar-refractivity contribution < 1.29 is 14.2 Å². The Hall–Kier alpha value is -3.00. The van der Waals surface area contributed by atoms with E-state index >= 15 is 0 Å². The molecule has 2 bridgehead atoms. The minimum atomic E-state index is -1.04. The van der Waals surface area contributed by atoms with Gasteiger partial charge in [-0.1, -0.05) is 6.07 Å². The van der Waals surface area contributed by atoms with E-state index in [1.807, 2.05) is 6.07 Å². The van der Waals surface area contributed by atoms with Gasteiger partial charge in [0, 0.05) is 35.8 Å². The van der Waals surface area contributed by atoms with E-state index in [-0.39, 0.29) is 11.8 Å². The van der Waals surface area contributed by atoms with E-state index in [4.69, 9.17) is 4.74 Å². The summed E-state index contributed by atoms with van der Waals surface area (Å²) < 4.78 is 20.3. The normalized spacial score (nSPS) is 26.3. The number of piperidine rings is 1. The molecule has 0 saturated carbocycles. The highest BCUT2D eigenvalue weighted by molar-refractivity contribution is 5.73. The van der Waals surface area contributed by atoms with E-state index in [2.05, 4.69) is 25.5 Å². The van der Waals surface area contributed by atoms with Crippen LogP contribution in [0.2, 0.25) is 0 Å². The number of aromatic amines is 1. The number of aromatic nitrogens is 4. The third-order valence-electron chi connectivity index (χ3n) is 5.54. The number of hydrogen-bond acceptors (Lipinski definition) is 6. The maximum atomic E-state index is 14.5. The molecule has 0 spiro atoms. The third kappa shape index (κ3) is 3.09. The number of phenols is 1. The van der Waals surface area contributed by atoms with Crippen LogP contribution in [-0.4, -0.2) is 49.6 Å². The van der Waals surface area contributed by atoms with E-state index < -0.39 is 12.3 Å². The average molecular weight is 381 g/mol. The summed E-state index contributed by atoms with van der Waals surface area (Å²) in [5, 5.41) is 20.3. The van der Waals surface area contributed by atoms with Gasteiger partial charge in [0.05, 0.1) is 24.3 Å². The van der Waals surface area contributed by atoms with E-state index in [1.165, 1.54) is 12.4 Å². The maximum absolute atomic E-state index is 14.5. The van der Waals surface area contributed by atoms with Gasteiger partial charge in [-0.25, -0.2) is 14.4 Å². The molecule has 1 aromatic carbocycles. The Morgan fingerprint density at radius 3 is 2.79 bits per heavy atom. The van der Waals surface area contributed by atoms with Gasteiger partial charge in [0.25, 0.3) is 0 Å². The third-order valence-corrected chi connectivity index (χ3v) is 5.54. The molecule has 4 heterocycles. The van der Waals surface area contributed by atoms with Crippen molar-refractivity contribution in [1.82, 2.24) is 25.5 Å². The van der Waals surface area contributed by atoms with Crippen molar-refractivity contribution >= 4 is 0 Å². The van der Waals surface area contributed by atoms with Gasteiger partial charge in [0.15, 0.2) is 6.17 Å². The van der Waals surface area contributed by atoms with Crippen molar-refractivity contribution in [2.24, 2.45) is 0 Å². The second-order valence-corrected chi connectivity index (χ2v) is 7.34. The molecule has 2 aliphatic rings. The zero-order valence-electron chi connectivity index (χ0n) is 15.0. The number of alkyl halides is 1. The van der Waals surface area contributed by atoms with Crippen molar-refractivity contribution in [3.05, 3.63) is 43.0 Å². The van der Waals surface area contributed by atoms with Gasteiger partial charge >= 0.3 is 0 Å². The Morgan fingerprint density at radius 2 is 2.04 bits per heavy atom. The molecule has 7 nitrogen and oxygen atoms in total. The fourth-order valence-electron chi connectivity index (χ4n) is 4.08. The lowest BCUT2D eigenvalue weighted by Gasteiger charge is -2.32. The van der Waals surface area contributed by atoms with E-state index in [0.29, 0.717) is 29.6 Å². The lowest BCUT2D eigenvalue weighted by molar-refractivity contribution is 0.0425. The lowest BCUT2D eigenvalue weighted by atomic mass is 10.0. The van der Waals surface area contributed by atoms with Gasteiger partial charge in [-0.3, -0.25) is 5.10 Å². The van der Waals surface area contributed by atoms with Crippen LogP contribution >= 0.6 is 0 Å². The first-order chi connectivity index (χ1) is 13.7. The van der Waals surface area contributed by atoms with E-state index in [1.54, 1.807) is 24.5 Å². The molecular formula is C20H20FN5O2. The summed E-state index contributed by atoms with van der Waals surface area (Å²) in [5.41, 5.74) is 2.81. The molecule has 3 N–H and O–H groups in total. The predicted molar refractivity (Wildman–Crippen MR) is 101 cm³/mol. The topological polar surface area (TPSA) is 96.0 Å². The number of phenolic OH excluding ortho intramolecular Hbond substituents is 1. The van der Waals surface area contributed by atoms with Gasteiger partial charge in [-0.05, 0) is 30.5 Å². The molecule has 28 heavy (non-hydrogen) atoms. The number of rotatable bonds is 4. The Morgan fingerprint density at radius 1 is 1.11 bits per heavy atom. The number of nitrogens with one attached hydrogen (secondary N) is 2. The number of halogens is 1. The van der Waals surface area contributed by atoms with Crippen LogP contribution in [0.15, 0.2) is 43.0 Å². The van der Waals surface area contributed by atoms with Crippen molar-refractivity contribution in [3.8, 4) is 34.0 Å². The minimum Gasteiger partial charge on any atom is -0.507 e. The highest BCUT2D eigenvalue weighted by Crippen LogP contribution is 2.33. The van der Waals surface area contributed by atoms with Crippen LogP contribution in [0.3, 0.4) is 0 Å². The standard InChI is InChI=1S/C20H20FN5O2/c21-20-15-4-2-13(26-15)6-18(20)28-19-10-22-16(9-23-19)14-3-1-11(5-17(14)27)12-7-24-25-8-12/h1,3,5,7-10,13,15,18,20,26-27H,2,4,6H2,(H,24,25)/t13?,15?,18-,20+/m0/s1. The second kappa shape index (κ2) is 6.87. The number of H-pyrrole nitrogens is 1. The highest BCUT2D eigenvalue weighted by Gasteiger charge is 2.43. The number of hydrogen-bond donors (Lipinski definition) is 3. The molecule has 2 fully saturated rings. The molecule has 5 rings (SSSR count). The van der Waals surface area contributed by atoms with Gasteiger partial charge in [-0.2, -0.15) is 5.10 Å². The maximum Gasteiger partial charge on any atom is 0.232 e. The Bertz CT molecular complexity index is 963. The van der Waals surface area contributed by atoms with E-state index in [9.17, 15) is 9.50 Å². The minimum absolute atomic E-state index is 0.0976. The molecule has 2 aliphatic heterocycles. The number of nitrogens with zero attached hydrogens (tertiary/aromatic N) is 3. The largest absolute Gasteiger partial charge is 0.507 e. The molecule has 0 amide bonds. The molecule has 144 valence electrons. The first kappa shape index (κ1) is 17.1. The van der Waals surface area contributed by atoms with Crippen molar-refractivity contribution in [2.45, 2.75) is 43.6 Å². The van der Waals surface area contributed by atoms with Crippen LogP contribution in [-0.2, 0) is 0 Å². The SMILES string of the molecule is Oc1cc(-c2cn[nH]c2)ccc1-c1cnc(O[C@H]2CC3CCC(N3)[C@H]2F)cn1. The zero-order chi connectivity index (χ0) is 19.1. The van der Waals surface area contributed by atoms with Gasteiger partial charge < -0.3 is 15.2 Å². The van der Waals surface area contributed by atoms with Gasteiger partial charge in [0.1, 0.15) is 11.9 Å². The fourth-order valence-corrected chi connectivity index (χ4v) is 4.08. The summed E-state index contributed by atoms with van der Waals surface area (Å²) in [5.74, 6) is 0.396. The molecule has 2 saturated heterocycles. The van der Waals surface area contributed by atoms with Crippen LogP contribution in [0, 0.1) is 0 Å². The molecule has 0 aliphatic carbocycles. The Balaban J connectivity index is 1.32.